The summed E-state index contributed by atoms with van der Waals surface area (Å²) in [5.41, 5.74) is 3.76. The van der Waals surface area contributed by atoms with E-state index in [0.717, 1.165) is 16.7 Å². The molecule has 5 nitrogen and oxygen atoms in total. The normalized spacial score (nSPS) is 15.6. The summed E-state index contributed by atoms with van der Waals surface area (Å²) in [6.45, 7) is 1.94. The van der Waals surface area contributed by atoms with Crippen LogP contribution in [0.2, 0.25) is 0 Å². The highest BCUT2D eigenvalue weighted by molar-refractivity contribution is 6.05. The first-order valence-corrected chi connectivity index (χ1v) is 8.73. The lowest BCUT2D eigenvalue weighted by atomic mass is 9.93. The molecule has 134 valence electrons. The largest absolute Gasteiger partial charge is 0.454 e. The van der Waals surface area contributed by atoms with Crippen LogP contribution < -0.4 is 5.32 Å². The van der Waals surface area contributed by atoms with Gasteiger partial charge in [-0.05, 0) is 53.9 Å². The number of hydrogen-bond donors (Lipinski definition) is 1. The van der Waals surface area contributed by atoms with E-state index in [-0.39, 0.29) is 18.0 Å². The summed E-state index contributed by atoms with van der Waals surface area (Å²) in [6, 6.07) is 18.3. The minimum atomic E-state index is -0.364. The second-order valence-electron chi connectivity index (χ2n) is 6.55. The van der Waals surface area contributed by atoms with E-state index in [9.17, 15) is 9.59 Å². The first-order chi connectivity index (χ1) is 13.1. The minimum absolute atomic E-state index is 0.258. The van der Waals surface area contributed by atoms with Crippen LogP contribution in [-0.2, 0) is 11.2 Å². The number of amides is 1. The number of fused-ring (bicyclic) bond motifs is 1. The number of esters is 1. The van der Waals surface area contributed by atoms with Gasteiger partial charge in [-0.1, -0.05) is 30.3 Å². The molecule has 1 aromatic heterocycles. The summed E-state index contributed by atoms with van der Waals surface area (Å²) in [6.07, 6.45) is 1.84. The molecule has 0 unspecified atom stereocenters. The third-order valence-corrected chi connectivity index (χ3v) is 4.57. The number of benzene rings is 2. The maximum absolute atomic E-state index is 12.6. The van der Waals surface area contributed by atoms with E-state index in [0.29, 0.717) is 23.4 Å². The summed E-state index contributed by atoms with van der Waals surface area (Å²) < 4.78 is 5.56. The van der Waals surface area contributed by atoms with E-state index in [4.69, 9.17) is 4.74 Å². The molecule has 4 rings (SSSR count). The third kappa shape index (κ3) is 3.58. The van der Waals surface area contributed by atoms with Gasteiger partial charge in [0.25, 0.3) is 5.91 Å². The fourth-order valence-corrected chi connectivity index (χ4v) is 3.18. The number of ether oxygens (including phenoxy) is 1. The van der Waals surface area contributed by atoms with E-state index in [1.54, 1.807) is 30.5 Å². The summed E-state index contributed by atoms with van der Waals surface area (Å²) in [5, 5.41) is 2.79. The van der Waals surface area contributed by atoms with Crippen LogP contribution in [0.3, 0.4) is 0 Å². The molecule has 0 spiro atoms. The summed E-state index contributed by atoms with van der Waals surface area (Å²) >= 11 is 0. The Bertz CT molecular complexity index is 1020. The Balaban J connectivity index is 1.59. The van der Waals surface area contributed by atoms with Gasteiger partial charge in [-0.15, -0.1) is 0 Å². The molecule has 0 fully saturated rings. The van der Waals surface area contributed by atoms with Gasteiger partial charge >= 0.3 is 5.97 Å². The van der Waals surface area contributed by atoms with Crippen LogP contribution in [0.5, 0.6) is 0 Å². The number of pyridine rings is 1. The molecular formula is C22H18N2O3. The lowest BCUT2D eigenvalue weighted by Gasteiger charge is -2.25. The van der Waals surface area contributed by atoms with Crippen LogP contribution >= 0.6 is 0 Å². The van der Waals surface area contributed by atoms with E-state index < -0.39 is 0 Å². The third-order valence-electron chi connectivity index (χ3n) is 4.57. The minimum Gasteiger partial charge on any atom is -0.454 e. The van der Waals surface area contributed by atoms with Crippen LogP contribution in [0.25, 0.3) is 0 Å². The molecular weight excluding hydrogens is 340 g/mol. The molecule has 0 saturated heterocycles. The molecule has 1 amide bonds. The van der Waals surface area contributed by atoms with Gasteiger partial charge in [0, 0.05) is 18.2 Å². The zero-order chi connectivity index (χ0) is 18.8. The molecule has 1 N–H and O–H groups in total. The Labute approximate surface area is 157 Å². The maximum atomic E-state index is 12.6. The van der Waals surface area contributed by atoms with Crippen LogP contribution in [0.1, 0.15) is 43.5 Å². The number of aryl methyl sites for hydroxylation is 1. The Morgan fingerprint density at radius 3 is 2.70 bits per heavy atom. The average molecular weight is 358 g/mol. The standard InChI is InChI=1S/C22H18N2O3/c1-14-9-10-23-20(11-14)24-21(25)16-7-8-18-17(12-16)13-19(27-22(18)26)15-5-3-2-4-6-15/h2-12,19H,13H2,1H3,(H,23,24,25)/t19-/m1/s1. The van der Waals surface area contributed by atoms with Crippen molar-refractivity contribution in [1.82, 2.24) is 4.98 Å². The summed E-state index contributed by atoms with van der Waals surface area (Å²) in [5.74, 6) is -0.122. The van der Waals surface area contributed by atoms with Crippen LogP contribution in [0.15, 0.2) is 66.9 Å². The number of cyclic esters (lactones) is 1. The van der Waals surface area contributed by atoms with E-state index >= 15 is 0 Å². The molecule has 1 atom stereocenters. The summed E-state index contributed by atoms with van der Waals surface area (Å²) in [4.78, 5) is 29.1. The second kappa shape index (κ2) is 7.03. The number of rotatable bonds is 3. The van der Waals surface area contributed by atoms with Crippen LogP contribution in [-0.4, -0.2) is 16.9 Å². The van der Waals surface area contributed by atoms with Gasteiger partial charge in [0.2, 0.25) is 0 Å². The number of carbonyl (C=O) groups excluding carboxylic acids is 2. The van der Waals surface area contributed by atoms with Gasteiger partial charge in [-0.25, -0.2) is 9.78 Å². The maximum Gasteiger partial charge on any atom is 0.339 e. The van der Waals surface area contributed by atoms with Crippen LogP contribution in [0.4, 0.5) is 5.82 Å². The average Bonchev–Trinajstić information content (AvgIpc) is 2.68. The molecule has 27 heavy (non-hydrogen) atoms. The Kier molecular flexibility index (Phi) is 4.42. The Morgan fingerprint density at radius 2 is 1.93 bits per heavy atom. The highest BCUT2D eigenvalue weighted by Crippen LogP contribution is 2.31. The number of anilines is 1. The number of nitrogens with one attached hydrogen (secondary N) is 1. The first-order valence-electron chi connectivity index (χ1n) is 8.73. The number of nitrogens with zero attached hydrogens (tertiary/aromatic N) is 1. The van der Waals surface area contributed by atoms with Crippen molar-refractivity contribution in [3.63, 3.8) is 0 Å². The molecule has 2 heterocycles. The van der Waals surface area contributed by atoms with E-state index in [1.807, 2.05) is 43.3 Å². The number of carbonyl (C=O) groups is 2. The molecule has 3 aromatic rings. The van der Waals surface area contributed by atoms with Crippen molar-refractivity contribution in [2.75, 3.05) is 5.32 Å². The van der Waals surface area contributed by atoms with Gasteiger partial charge in [0.1, 0.15) is 11.9 Å². The van der Waals surface area contributed by atoms with E-state index in [1.165, 1.54) is 0 Å². The van der Waals surface area contributed by atoms with Gasteiger partial charge in [-0.3, -0.25) is 4.79 Å². The van der Waals surface area contributed by atoms with Gasteiger partial charge < -0.3 is 10.1 Å². The SMILES string of the molecule is Cc1ccnc(NC(=O)c2ccc3c(c2)C[C@H](c2ccccc2)OC3=O)c1. The van der Waals surface area contributed by atoms with Crippen molar-refractivity contribution in [1.29, 1.82) is 0 Å². The molecule has 5 heteroatoms. The zero-order valence-electron chi connectivity index (χ0n) is 14.8. The van der Waals surface area contributed by atoms with Gasteiger partial charge in [0.05, 0.1) is 5.56 Å². The molecule has 0 aliphatic carbocycles. The fourth-order valence-electron chi connectivity index (χ4n) is 3.18. The molecule has 1 aliphatic heterocycles. The zero-order valence-corrected chi connectivity index (χ0v) is 14.8. The van der Waals surface area contributed by atoms with Crippen molar-refractivity contribution in [2.24, 2.45) is 0 Å². The molecule has 0 bridgehead atoms. The lowest BCUT2D eigenvalue weighted by Crippen LogP contribution is -2.23. The summed E-state index contributed by atoms with van der Waals surface area (Å²) in [7, 11) is 0. The number of aromatic nitrogens is 1. The van der Waals surface area contributed by atoms with Crippen LogP contribution in [0, 0.1) is 6.92 Å². The molecule has 1 aliphatic rings. The predicted molar refractivity (Wildman–Crippen MR) is 102 cm³/mol. The second-order valence-corrected chi connectivity index (χ2v) is 6.55. The van der Waals surface area contributed by atoms with Crippen molar-refractivity contribution < 1.29 is 14.3 Å². The monoisotopic (exact) mass is 358 g/mol. The van der Waals surface area contributed by atoms with Gasteiger partial charge in [-0.2, -0.15) is 0 Å². The highest BCUT2D eigenvalue weighted by Gasteiger charge is 2.28. The Morgan fingerprint density at radius 1 is 1.11 bits per heavy atom. The molecule has 0 radical (unpaired) electrons. The van der Waals surface area contributed by atoms with Crippen molar-refractivity contribution >= 4 is 17.7 Å². The highest BCUT2D eigenvalue weighted by atomic mass is 16.5. The van der Waals surface area contributed by atoms with Crippen molar-refractivity contribution in [2.45, 2.75) is 19.4 Å². The van der Waals surface area contributed by atoms with Crippen molar-refractivity contribution in [3.05, 3.63) is 94.7 Å². The molecule has 0 saturated carbocycles. The fraction of sp³-hybridized carbons (Fsp3) is 0.136. The lowest BCUT2D eigenvalue weighted by molar-refractivity contribution is 0.0252. The quantitative estimate of drug-likeness (QED) is 0.716. The smallest absolute Gasteiger partial charge is 0.339 e. The molecule has 2 aromatic carbocycles. The number of hydrogen-bond acceptors (Lipinski definition) is 4. The first kappa shape index (κ1) is 17.0. The predicted octanol–water partition coefficient (Wildman–Crippen LogP) is 4.10. The van der Waals surface area contributed by atoms with Crippen molar-refractivity contribution in [3.8, 4) is 0 Å². The van der Waals surface area contributed by atoms with Gasteiger partial charge in [0.15, 0.2) is 0 Å². The topological polar surface area (TPSA) is 68.3 Å². The van der Waals surface area contributed by atoms with E-state index in [2.05, 4.69) is 10.3 Å². The Hall–Kier alpha value is -3.47.